The Hall–Kier alpha value is -2.00. The Labute approximate surface area is 157 Å². The number of benzene rings is 1. The highest BCUT2D eigenvalue weighted by molar-refractivity contribution is 9.10. The van der Waals surface area contributed by atoms with Crippen LogP contribution < -0.4 is 14.8 Å². The average Bonchev–Trinajstić information content (AvgIpc) is 2.60. The molecule has 134 valence electrons. The summed E-state index contributed by atoms with van der Waals surface area (Å²) < 4.78 is 11.3. The number of ether oxygens (including phenoxy) is 2. The molecule has 1 aliphatic carbocycles. The molecule has 1 aromatic rings. The molecule has 1 N–H and O–H groups in total. The maximum Gasteiger partial charge on any atom is 0.262 e. The van der Waals surface area contributed by atoms with E-state index in [4.69, 9.17) is 9.47 Å². The fraction of sp³-hybridized carbons (Fsp3) is 0.474. The second kappa shape index (κ2) is 8.91. The second-order valence-electron chi connectivity index (χ2n) is 6.25. The molecule has 0 heterocycles. The molecule has 25 heavy (non-hydrogen) atoms. The molecule has 0 saturated heterocycles. The molecule has 1 amide bonds. The number of carbonyl (C=O) groups is 1. The Kier molecular flexibility index (Phi) is 6.89. The van der Waals surface area contributed by atoms with Crippen molar-refractivity contribution in [1.82, 2.24) is 5.32 Å². The Morgan fingerprint density at radius 1 is 1.32 bits per heavy atom. The zero-order valence-electron chi connectivity index (χ0n) is 14.8. The van der Waals surface area contributed by atoms with Gasteiger partial charge in [0.1, 0.15) is 11.6 Å². The molecule has 0 aromatic heterocycles. The van der Waals surface area contributed by atoms with Crippen molar-refractivity contribution in [3.8, 4) is 17.6 Å². The largest absolute Gasteiger partial charge is 0.493 e. The lowest BCUT2D eigenvalue weighted by atomic mass is 9.86. The lowest BCUT2D eigenvalue weighted by Crippen LogP contribution is -2.41. The van der Waals surface area contributed by atoms with E-state index in [1.807, 2.05) is 6.07 Å². The molecule has 6 heteroatoms. The first kappa shape index (κ1) is 19.3. The standard InChI is InChI=1S/C19H23BrN2O3/c1-12-6-4-5-7-16(12)22-19(23)14(11-21)8-13-9-15(20)18(25-3)17(10-13)24-2/h8-10,12,16H,4-7H2,1-3H3,(H,22,23)/b14-8+/t12-,16+/m1/s1. The Bertz CT molecular complexity index is 709. The minimum atomic E-state index is -0.327. The molecule has 0 bridgehead atoms. The summed E-state index contributed by atoms with van der Waals surface area (Å²) in [4.78, 5) is 12.5. The minimum Gasteiger partial charge on any atom is -0.493 e. The summed E-state index contributed by atoms with van der Waals surface area (Å²) in [6.07, 6.45) is 5.96. The molecule has 1 saturated carbocycles. The summed E-state index contributed by atoms with van der Waals surface area (Å²) in [5.41, 5.74) is 0.768. The highest BCUT2D eigenvalue weighted by Crippen LogP contribution is 2.36. The van der Waals surface area contributed by atoms with Crippen molar-refractivity contribution < 1.29 is 14.3 Å². The molecule has 0 spiro atoms. The van der Waals surface area contributed by atoms with Crippen molar-refractivity contribution in [3.63, 3.8) is 0 Å². The molecule has 0 radical (unpaired) electrons. The van der Waals surface area contributed by atoms with Crippen LogP contribution in [-0.4, -0.2) is 26.2 Å². The van der Waals surface area contributed by atoms with Gasteiger partial charge < -0.3 is 14.8 Å². The summed E-state index contributed by atoms with van der Waals surface area (Å²) in [5, 5.41) is 12.4. The molecule has 1 aliphatic rings. The number of halogens is 1. The van der Waals surface area contributed by atoms with Gasteiger partial charge in [-0.2, -0.15) is 5.26 Å². The van der Waals surface area contributed by atoms with Gasteiger partial charge in [0, 0.05) is 6.04 Å². The number of hydrogen-bond donors (Lipinski definition) is 1. The van der Waals surface area contributed by atoms with Crippen LogP contribution in [0.2, 0.25) is 0 Å². The van der Waals surface area contributed by atoms with Crippen molar-refractivity contribution in [2.24, 2.45) is 5.92 Å². The number of amides is 1. The van der Waals surface area contributed by atoms with Crippen molar-refractivity contribution in [3.05, 3.63) is 27.7 Å². The van der Waals surface area contributed by atoms with Gasteiger partial charge in [-0.1, -0.05) is 19.8 Å². The number of nitriles is 1. The smallest absolute Gasteiger partial charge is 0.262 e. The highest BCUT2D eigenvalue weighted by Gasteiger charge is 2.24. The molecule has 0 unspecified atom stereocenters. The first-order valence-electron chi connectivity index (χ1n) is 8.34. The lowest BCUT2D eigenvalue weighted by molar-refractivity contribution is -0.118. The topological polar surface area (TPSA) is 71.3 Å². The number of carbonyl (C=O) groups excluding carboxylic acids is 1. The van der Waals surface area contributed by atoms with Gasteiger partial charge in [0.05, 0.1) is 18.7 Å². The first-order valence-corrected chi connectivity index (χ1v) is 9.13. The van der Waals surface area contributed by atoms with Crippen LogP contribution in [0.3, 0.4) is 0 Å². The van der Waals surface area contributed by atoms with E-state index in [1.165, 1.54) is 6.42 Å². The predicted molar refractivity (Wildman–Crippen MR) is 100 cm³/mol. The third-order valence-corrected chi connectivity index (χ3v) is 5.15. The van der Waals surface area contributed by atoms with Crippen LogP contribution in [0.25, 0.3) is 6.08 Å². The normalized spacial score (nSPS) is 20.5. The van der Waals surface area contributed by atoms with Crippen LogP contribution in [0.1, 0.15) is 38.2 Å². The Morgan fingerprint density at radius 3 is 2.64 bits per heavy atom. The monoisotopic (exact) mass is 406 g/mol. The lowest BCUT2D eigenvalue weighted by Gasteiger charge is -2.29. The van der Waals surface area contributed by atoms with E-state index in [9.17, 15) is 10.1 Å². The van der Waals surface area contributed by atoms with Crippen LogP contribution in [-0.2, 0) is 4.79 Å². The van der Waals surface area contributed by atoms with Crippen molar-refractivity contribution in [2.75, 3.05) is 14.2 Å². The number of nitrogens with one attached hydrogen (secondary N) is 1. The van der Waals surface area contributed by atoms with Crippen LogP contribution in [0.4, 0.5) is 0 Å². The third kappa shape index (κ3) is 4.76. The summed E-state index contributed by atoms with van der Waals surface area (Å²) in [5.74, 6) is 1.21. The van der Waals surface area contributed by atoms with E-state index in [1.54, 1.807) is 32.4 Å². The summed E-state index contributed by atoms with van der Waals surface area (Å²) >= 11 is 3.42. The molecule has 5 nitrogen and oxygen atoms in total. The fourth-order valence-corrected chi connectivity index (χ4v) is 3.73. The van der Waals surface area contributed by atoms with Crippen LogP contribution in [0, 0.1) is 17.2 Å². The van der Waals surface area contributed by atoms with Gasteiger partial charge in [-0.3, -0.25) is 4.79 Å². The fourth-order valence-electron chi connectivity index (χ4n) is 3.11. The van der Waals surface area contributed by atoms with Crippen molar-refractivity contribution in [2.45, 2.75) is 38.6 Å². The first-order chi connectivity index (χ1) is 12.0. The number of hydrogen-bond acceptors (Lipinski definition) is 4. The predicted octanol–water partition coefficient (Wildman–Crippen LogP) is 4.07. The number of nitrogens with zero attached hydrogens (tertiary/aromatic N) is 1. The van der Waals surface area contributed by atoms with Crippen LogP contribution >= 0.6 is 15.9 Å². The zero-order chi connectivity index (χ0) is 18.4. The van der Waals surface area contributed by atoms with Gasteiger partial charge in [0.2, 0.25) is 0 Å². The molecule has 1 fully saturated rings. The molecule has 1 aromatic carbocycles. The van der Waals surface area contributed by atoms with E-state index in [0.29, 0.717) is 27.5 Å². The summed E-state index contributed by atoms with van der Waals surface area (Å²) in [7, 11) is 3.10. The highest BCUT2D eigenvalue weighted by atomic mass is 79.9. The minimum absolute atomic E-state index is 0.0805. The molecular weight excluding hydrogens is 384 g/mol. The van der Waals surface area contributed by atoms with Gasteiger partial charge in [-0.25, -0.2) is 0 Å². The van der Waals surface area contributed by atoms with E-state index in [0.717, 1.165) is 19.3 Å². The molecular formula is C19H23BrN2O3. The second-order valence-corrected chi connectivity index (χ2v) is 7.10. The van der Waals surface area contributed by atoms with Crippen LogP contribution in [0.5, 0.6) is 11.5 Å². The van der Waals surface area contributed by atoms with E-state index < -0.39 is 0 Å². The van der Waals surface area contributed by atoms with Crippen LogP contribution in [0.15, 0.2) is 22.2 Å². The van der Waals surface area contributed by atoms with Gasteiger partial charge in [0.15, 0.2) is 11.5 Å². The van der Waals surface area contributed by atoms with E-state index in [2.05, 4.69) is 28.2 Å². The SMILES string of the molecule is COc1cc(/C=C(\C#N)C(=O)N[C@H]2CCCC[C@H]2C)cc(Br)c1OC. The quantitative estimate of drug-likeness (QED) is 0.590. The van der Waals surface area contributed by atoms with Gasteiger partial charge in [0.25, 0.3) is 5.91 Å². The Balaban J connectivity index is 2.23. The van der Waals surface area contributed by atoms with Crippen molar-refractivity contribution >= 4 is 27.9 Å². The van der Waals surface area contributed by atoms with Crippen molar-refractivity contribution in [1.29, 1.82) is 5.26 Å². The summed E-state index contributed by atoms with van der Waals surface area (Å²) in [6.45, 7) is 2.14. The number of rotatable bonds is 5. The molecule has 0 aliphatic heterocycles. The third-order valence-electron chi connectivity index (χ3n) is 4.56. The van der Waals surface area contributed by atoms with E-state index >= 15 is 0 Å². The zero-order valence-corrected chi connectivity index (χ0v) is 16.4. The van der Waals surface area contributed by atoms with Gasteiger partial charge in [-0.15, -0.1) is 0 Å². The molecule has 2 atom stereocenters. The molecule has 2 rings (SSSR count). The van der Waals surface area contributed by atoms with Gasteiger partial charge >= 0.3 is 0 Å². The maximum absolute atomic E-state index is 12.5. The van der Waals surface area contributed by atoms with Gasteiger partial charge in [-0.05, 0) is 58.5 Å². The Morgan fingerprint density at radius 2 is 2.04 bits per heavy atom. The maximum atomic E-state index is 12.5. The number of methoxy groups -OCH3 is 2. The van der Waals surface area contributed by atoms with E-state index in [-0.39, 0.29) is 17.5 Å². The summed E-state index contributed by atoms with van der Waals surface area (Å²) in [6, 6.07) is 5.66. The average molecular weight is 407 g/mol.